The van der Waals surface area contributed by atoms with Crippen molar-refractivity contribution in [1.29, 1.82) is 0 Å². The first kappa shape index (κ1) is 41.6. The summed E-state index contributed by atoms with van der Waals surface area (Å²) in [6.07, 6.45) is -4.10. The van der Waals surface area contributed by atoms with E-state index in [1.807, 2.05) is 13.8 Å². The molecule has 2 amide bonds. The fourth-order valence-electron chi connectivity index (χ4n) is 4.47. The number of anilines is 2. The number of rotatable bonds is 12. The number of hydrogen-bond acceptors (Lipinski definition) is 10. The topological polar surface area (TPSA) is 233 Å². The standard InChI is InChI=1S/C33H35N7O7.C3H3F3O/c1-19(2)38-30-31(42)40(27(16-37-30)23-12-24(32(43)44)14-25(34)13-23)17-28(41)36-15-20-7-9-22(10-8-20)29(35)39-33(45)47-18-21-5-4-6-26(11-21)46-3;1-2(7)3(4,5)6/h4-14,16,19H,15,17-18,34H2,1-3H3,(H,36,41)(H,37,38)(H,43,44)(H2,35,39,45);7H,1H2. The van der Waals surface area contributed by atoms with E-state index in [0.29, 0.717) is 22.4 Å². The quantitative estimate of drug-likeness (QED) is 0.0486. The lowest BCUT2D eigenvalue weighted by molar-refractivity contribution is -0.122. The van der Waals surface area contributed by atoms with Crippen LogP contribution in [0.25, 0.3) is 11.3 Å². The van der Waals surface area contributed by atoms with Gasteiger partial charge in [0, 0.05) is 29.4 Å². The number of hydrogen-bond donors (Lipinski definition) is 6. The molecule has 15 nitrogen and oxygen atoms in total. The van der Waals surface area contributed by atoms with Crippen LogP contribution in [0.5, 0.6) is 5.75 Å². The summed E-state index contributed by atoms with van der Waals surface area (Å²) < 4.78 is 44.0. The number of nitrogen functional groups attached to an aromatic ring is 1. The molecule has 0 atom stereocenters. The number of ether oxygens (including phenoxy) is 2. The van der Waals surface area contributed by atoms with E-state index in [4.69, 9.17) is 26.0 Å². The number of carbonyl (C=O) groups excluding carboxylic acids is 2. The lowest BCUT2D eigenvalue weighted by Crippen LogP contribution is -2.35. The summed E-state index contributed by atoms with van der Waals surface area (Å²) in [5, 5.41) is 22.8. The van der Waals surface area contributed by atoms with E-state index in [9.17, 15) is 37.5 Å². The van der Waals surface area contributed by atoms with Crippen LogP contribution in [-0.2, 0) is 29.2 Å². The zero-order valence-corrected chi connectivity index (χ0v) is 29.3. The highest BCUT2D eigenvalue weighted by molar-refractivity contribution is 6.02. The molecule has 4 rings (SSSR count). The van der Waals surface area contributed by atoms with Gasteiger partial charge in [0.25, 0.3) is 5.56 Å². The van der Waals surface area contributed by atoms with Crippen LogP contribution < -0.4 is 32.4 Å². The number of carbonyl (C=O) groups is 3. The third-order valence-corrected chi connectivity index (χ3v) is 7.05. The van der Waals surface area contributed by atoms with Gasteiger partial charge in [-0.05, 0) is 55.3 Å². The maximum atomic E-state index is 13.4. The zero-order chi connectivity index (χ0) is 40.2. The zero-order valence-electron chi connectivity index (χ0n) is 29.3. The van der Waals surface area contributed by atoms with Crippen LogP contribution in [0.3, 0.4) is 0 Å². The highest BCUT2D eigenvalue weighted by atomic mass is 19.4. The molecule has 4 aromatic rings. The fourth-order valence-corrected chi connectivity index (χ4v) is 4.47. The van der Waals surface area contributed by atoms with Crippen molar-refractivity contribution in [3.8, 4) is 17.0 Å². The Morgan fingerprint density at radius 2 is 1.69 bits per heavy atom. The number of alkyl halides is 3. The predicted octanol–water partition coefficient (Wildman–Crippen LogP) is 5.00. The number of nitrogens with zero attached hydrogens (tertiary/aromatic N) is 3. The number of amidine groups is 1. The molecule has 0 unspecified atom stereocenters. The molecule has 0 aliphatic rings. The number of benzene rings is 3. The van der Waals surface area contributed by atoms with Crippen molar-refractivity contribution >= 4 is 35.3 Å². The number of aromatic nitrogens is 2. The fraction of sp³-hybridized carbons (Fsp3) is 0.222. The van der Waals surface area contributed by atoms with E-state index in [1.54, 1.807) is 55.6 Å². The molecule has 54 heavy (non-hydrogen) atoms. The molecule has 8 N–H and O–H groups in total. The maximum absolute atomic E-state index is 13.4. The van der Waals surface area contributed by atoms with Crippen molar-refractivity contribution in [2.45, 2.75) is 45.8 Å². The van der Waals surface area contributed by atoms with Gasteiger partial charge in [-0.1, -0.05) is 43.0 Å². The van der Waals surface area contributed by atoms with E-state index >= 15 is 0 Å². The Morgan fingerprint density at radius 3 is 2.28 bits per heavy atom. The molecule has 0 radical (unpaired) electrons. The summed E-state index contributed by atoms with van der Waals surface area (Å²) in [5.41, 5.74) is 13.9. The molecule has 3 aromatic carbocycles. The van der Waals surface area contributed by atoms with Crippen molar-refractivity contribution in [2.24, 2.45) is 10.7 Å². The van der Waals surface area contributed by atoms with E-state index in [0.717, 1.165) is 5.56 Å². The highest BCUT2D eigenvalue weighted by Gasteiger charge is 2.31. The van der Waals surface area contributed by atoms with E-state index in [-0.39, 0.29) is 54.3 Å². The number of aliphatic hydroxyl groups excluding tert-OH is 1. The third-order valence-electron chi connectivity index (χ3n) is 7.05. The van der Waals surface area contributed by atoms with Crippen molar-refractivity contribution in [2.75, 3.05) is 18.2 Å². The second-order valence-corrected chi connectivity index (χ2v) is 11.7. The van der Waals surface area contributed by atoms with Crippen LogP contribution in [0.1, 0.15) is 40.9 Å². The Balaban J connectivity index is 0.00000102. The van der Waals surface area contributed by atoms with Gasteiger partial charge in [0.2, 0.25) is 5.91 Å². The van der Waals surface area contributed by atoms with Crippen molar-refractivity contribution < 1.29 is 47.2 Å². The molecular weight excluding hydrogens is 715 g/mol. The van der Waals surface area contributed by atoms with Crippen molar-refractivity contribution in [3.63, 3.8) is 0 Å². The van der Waals surface area contributed by atoms with Gasteiger partial charge in [-0.25, -0.2) is 14.6 Å². The molecule has 0 spiro atoms. The normalized spacial score (nSPS) is 11.2. The van der Waals surface area contributed by atoms with E-state index < -0.39 is 35.5 Å². The van der Waals surface area contributed by atoms with Gasteiger partial charge in [0.05, 0.1) is 24.6 Å². The molecule has 0 aliphatic carbocycles. The third kappa shape index (κ3) is 12.4. The number of halogens is 3. The highest BCUT2D eigenvalue weighted by Crippen LogP contribution is 2.24. The summed E-state index contributed by atoms with van der Waals surface area (Å²) in [6.45, 7) is 5.67. The first-order valence-electron chi connectivity index (χ1n) is 15.8. The maximum Gasteiger partial charge on any atom is 0.448 e. The Labute approximate surface area is 306 Å². The van der Waals surface area contributed by atoms with E-state index in [1.165, 1.54) is 29.0 Å². The van der Waals surface area contributed by atoms with Crippen molar-refractivity contribution in [1.82, 2.24) is 14.9 Å². The molecule has 18 heteroatoms. The van der Waals surface area contributed by atoms with Gasteiger partial charge in [0.1, 0.15) is 24.7 Å². The Hall–Kier alpha value is -6.85. The minimum atomic E-state index is -4.64. The molecule has 1 heterocycles. The summed E-state index contributed by atoms with van der Waals surface area (Å²) in [6, 6.07) is 17.8. The Bertz CT molecular complexity index is 2080. The monoisotopic (exact) mass is 753 g/mol. The van der Waals surface area contributed by atoms with Crippen LogP contribution in [0, 0.1) is 0 Å². The van der Waals surface area contributed by atoms with Crippen LogP contribution in [-0.4, -0.2) is 62.9 Å². The summed E-state index contributed by atoms with van der Waals surface area (Å²) >= 11 is 0. The number of aliphatic hydroxyl groups is 1. The molecular formula is C36H38F3N7O8. The number of nitrogens with one attached hydrogen (secondary N) is 2. The molecule has 0 fully saturated rings. The minimum Gasteiger partial charge on any atom is -0.505 e. The summed E-state index contributed by atoms with van der Waals surface area (Å²) in [4.78, 5) is 58.2. The average Bonchev–Trinajstić information content (AvgIpc) is 3.11. The van der Waals surface area contributed by atoms with Crippen molar-refractivity contribution in [3.05, 3.63) is 118 Å². The number of carboxylic acids is 1. The predicted molar refractivity (Wildman–Crippen MR) is 194 cm³/mol. The Kier molecular flexibility index (Phi) is 14.3. The number of aromatic carboxylic acids is 1. The summed E-state index contributed by atoms with van der Waals surface area (Å²) in [5.74, 6) is -2.80. The smallest absolute Gasteiger partial charge is 0.448 e. The Morgan fingerprint density at radius 1 is 1.02 bits per heavy atom. The van der Waals surface area contributed by atoms with Gasteiger partial charge in [-0.3, -0.25) is 14.2 Å². The van der Waals surface area contributed by atoms with E-state index in [2.05, 4.69) is 27.2 Å². The first-order chi connectivity index (χ1) is 25.4. The second kappa shape index (κ2) is 18.6. The van der Waals surface area contributed by atoms with Gasteiger partial charge in [-0.15, -0.1) is 0 Å². The van der Waals surface area contributed by atoms with Crippen LogP contribution >= 0.6 is 0 Å². The number of methoxy groups -OCH3 is 1. The molecule has 0 saturated heterocycles. The number of allylic oxidation sites excluding steroid dienone is 1. The molecule has 286 valence electrons. The van der Waals surface area contributed by atoms with Crippen LogP contribution in [0.15, 0.2) is 95.1 Å². The SMILES string of the molecule is C=C(O)C(F)(F)F.COc1cccc(COC(=O)/N=C(\N)c2ccc(CNC(=O)Cn3c(-c4cc(N)cc(C(=O)O)c4)cnc(NC(C)C)c3=O)cc2)c1. The largest absolute Gasteiger partial charge is 0.505 e. The van der Waals surface area contributed by atoms with Gasteiger partial charge < -0.3 is 41.8 Å². The van der Waals surface area contributed by atoms with Gasteiger partial charge in [-0.2, -0.15) is 18.2 Å². The molecule has 1 aromatic heterocycles. The van der Waals surface area contributed by atoms with Crippen LogP contribution in [0.4, 0.5) is 29.5 Å². The number of carboxylic acid groups (broad SMARTS) is 1. The number of amides is 2. The lowest BCUT2D eigenvalue weighted by Gasteiger charge is -2.16. The molecule has 0 saturated carbocycles. The first-order valence-corrected chi connectivity index (χ1v) is 15.8. The summed E-state index contributed by atoms with van der Waals surface area (Å²) in [7, 11) is 1.54. The molecule has 0 aliphatic heterocycles. The van der Waals surface area contributed by atoms with Gasteiger partial charge >= 0.3 is 18.2 Å². The van der Waals surface area contributed by atoms with Gasteiger partial charge in [0.15, 0.2) is 11.6 Å². The number of nitrogens with two attached hydrogens (primary N) is 2. The second-order valence-electron chi connectivity index (χ2n) is 11.7. The minimum absolute atomic E-state index is 0.00309. The number of aliphatic imine (C=N–C) groups is 1. The molecule has 0 bridgehead atoms. The van der Waals surface area contributed by atoms with Crippen LogP contribution in [0.2, 0.25) is 0 Å². The lowest BCUT2D eigenvalue weighted by atomic mass is 10.1. The average molecular weight is 754 g/mol.